The summed E-state index contributed by atoms with van der Waals surface area (Å²) in [7, 11) is 0. The third-order valence-electron chi connectivity index (χ3n) is 1.72. The molecule has 0 bridgehead atoms. The Labute approximate surface area is 84.2 Å². The lowest BCUT2D eigenvalue weighted by Crippen LogP contribution is -2.31. The van der Waals surface area contributed by atoms with Crippen molar-refractivity contribution in [1.82, 2.24) is 5.32 Å². The summed E-state index contributed by atoms with van der Waals surface area (Å²) >= 11 is 1.74. The summed E-state index contributed by atoms with van der Waals surface area (Å²) in [6.07, 6.45) is 2.14. The van der Waals surface area contributed by atoms with E-state index in [0.29, 0.717) is 0 Å². The van der Waals surface area contributed by atoms with Crippen molar-refractivity contribution in [2.24, 2.45) is 4.99 Å². The molecule has 0 fully saturated rings. The number of hydrogen-bond donors (Lipinski definition) is 1. The highest BCUT2D eigenvalue weighted by Crippen LogP contribution is 2.22. The lowest BCUT2D eigenvalue weighted by atomic mass is 10.3. The van der Waals surface area contributed by atoms with Crippen LogP contribution >= 0.6 is 11.8 Å². The van der Waals surface area contributed by atoms with Gasteiger partial charge in [-0.1, -0.05) is 24.4 Å². The SMILES string of the molecule is C=C(C)N[C@H](C)C1=NCC=C(C)S1. The monoisotopic (exact) mass is 196 g/mol. The Hall–Kier alpha value is -0.700. The van der Waals surface area contributed by atoms with Crippen molar-refractivity contribution in [2.45, 2.75) is 26.8 Å². The van der Waals surface area contributed by atoms with E-state index in [1.807, 2.05) is 6.92 Å². The third kappa shape index (κ3) is 3.27. The van der Waals surface area contributed by atoms with Crippen LogP contribution in [0.5, 0.6) is 0 Å². The average molecular weight is 196 g/mol. The number of rotatable bonds is 3. The number of hydrogen-bond acceptors (Lipinski definition) is 3. The molecule has 1 aliphatic heterocycles. The molecule has 1 rings (SSSR count). The quantitative estimate of drug-likeness (QED) is 0.750. The van der Waals surface area contributed by atoms with Gasteiger partial charge in [-0.2, -0.15) is 0 Å². The van der Waals surface area contributed by atoms with Gasteiger partial charge in [0.15, 0.2) is 0 Å². The molecule has 0 unspecified atom stereocenters. The molecule has 0 saturated heterocycles. The zero-order valence-electron chi connectivity index (χ0n) is 8.42. The standard InChI is InChI=1S/C10H16N2S/c1-7(2)12-9(4)10-11-6-5-8(3)13-10/h5,9,12H,1,6H2,2-4H3/t9-/m1/s1. The van der Waals surface area contributed by atoms with E-state index < -0.39 is 0 Å². The maximum Gasteiger partial charge on any atom is 0.0944 e. The Morgan fingerprint density at radius 3 is 3.00 bits per heavy atom. The first kappa shape index (κ1) is 10.4. The van der Waals surface area contributed by atoms with Crippen LogP contribution in [0, 0.1) is 0 Å². The molecule has 0 amide bonds. The molecule has 0 aromatic heterocycles. The Morgan fingerprint density at radius 2 is 2.46 bits per heavy atom. The Balaban J connectivity index is 2.53. The molecule has 1 aliphatic rings. The highest BCUT2D eigenvalue weighted by molar-refractivity contribution is 8.17. The van der Waals surface area contributed by atoms with Gasteiger partial charge >= 0.3 is 0 Å². The molecule has 3 heteroatoms. The number of aliphatic imine (C=N–C) groups is 1. The third-order valence-corrected chi connectivity index (χ3v) is 2.91. The van der Waals surface area contributed by atoms with Gasteiger partial charge in [0.05, 0.1) is 17.6 Å². The van der Waals surface area contributed by atoms with Crippen molar-refractivity contribution in [3.63, 3.8) is 0 Å². The van der Waals surface area contributed by atoms with Crippen LogP contribution in [0.3, 0.4) is 0 Å². The van der Waals surface area contributed by atoms with Crippen molar-refractivity contribution in [1.29, 1.82) is 0 Å². The first-order valence-electron chi connectivity index (χ1n) is 4.40. The van der Waals surface area contributed by atoms with Crippen molar-refractivity contribution in [3.8, 4) is 0 Å². The second-order valence-corrected chi connectivity index (χ2v) is 4.51. The van der Waals surface area contributed by atoms with Crippen LogP contribution in [0.1, 0.15) is 20.8 Å². The molecule has 1 N–H and O–H groups in total. The van der Waals surface area contributed by atoms with E-state index in [4.69, 9.17) is 0 Å². The molecule has 13 heavy (non-hydrogen) atoms. The van der Waals surface area contributed by atoms with Crippen LogP contribution in [0.15, 0.2) is 28.2 Å². The highest BCUT2D eigenvalue weighted by atomic mass is 32.2. The Bertz CT molecular complexity index is 266. The van der Waals surface area contributed by atoms with Crippen molar-refractivity contribution < 1.29 is 0 Å². The largest absolute Gasteiger partial charge is 0.380 e. The van der Waals surface area contributed by atoms with Crippen LogP contribution in [0.4, 0.5) is 0 Å². The number of nitrogens with one attached hydrogen (secondary N) is 1. The molecule has 0 aromatic rings. The van der Waals surface area contributed by atoms with Gasteiger partial charge in [-0.25, -0.2) is 0 Å². The first-order chi connectivity index (χ1) is 6.09. The van der Waals surface area contributed by atoms with Crippen LogP contribution in [-0.2, 0) is 0 Å². The molecule has 0 aromatic carbocycles. The first-order valence-corrected chi connectivity index (χ1v) is 5.22. The van der Waals surface area contributed by atoms with E-state index in [-0.39, 0.29) is 6.04 Å². The van der Waals surface area contributed by atoms with Gasteiger partial charge in [-0.3, -0.25) is 4.99 Å². The topological polar surface area (TPSA) is 24.4 Å². The highest BCUT2D eigenvalue weighted by Gasteiger charge is 2.13. The van der Waals surface area contributed by atoms with E-state index in [0.717, 1.165) is 17.3 Å². The van der Waals surface area contributed by atoms with E-state index in [2.05, 4.69) is 36.8 Å². The summed E-state index contributed by atoms with van der Waals surface area (Å²) in [5, 5.41) is 4.42. The summed E-state index contributed by atoms with van der Waals surface area (Å²) < 4.78 is 0. The van der Waals surface area contributed by atoms with Gasteiger partial charge in [0, 0.05) is 5.70 Å². The molecule has 1 heterocycles. The number of thioether (sulfide) groups is 1. The lowest BCUT2D eigenvalue weighted by molar-refractivity contribution is 0.768. The van der Waals surface area contributed by atoms with Gasteiger partial charge in [-0.05, 0) is 25.7 Å². The molecule has 0 radical (unpaired) electrons. The predicted octanol–water partition coefficient (Wildman–Crippen LogP) is 2.55. The maximum absolute atomic E-state index is 4.43. The summed E-state index contributed by atoms with van der Waals surface area (Å²) in [5.41, 5.74) is 0.989. The number of allylic oxidation sites excluding steroid dienone is 2. The molecule has 0 aliphatic carbocycles. The van der Waals surface area contributed by atoms with E-state index in [9.17, 15) is 0 Å². The van der Waals surface area contributed by atoms with Crippen LogP contribution in [0.25, 0.3) is 0 Å². The van der Waals surface area contributed by atoms with E-state index in [1.54, 1.807) is 11.8 Å². The number of nitrogens with zero attached hydrogens (tertiary/aromatic N) is 1. The van der Waals surface area contributed by atoms with Crippen LogP contribution in [0.2, 0.25) is 0 Å². The van der Waals surface area contributed by atoms with Crippen LogP contribution in [-0.4, -0.2) is 17.6 Å². The minimum atomic E-state index is 0.283. The van der Waals surface area contributed by atoms with Gasteiger partial charge in [-0.15, -0.1) is 0 Å². The van der Waals surface area contributed by atoms with Crippen molar-refractivity contribution >= 4 is 16.8 Å². The zero-order valence-corrected chi connectivity index (χ0v) is 9.24. The minimum Gasteiger partial charge on any atom is -0.380 e. The Morgan fingerprint density at radius 1 is 1.77 bits per heavy atom. The molecule has 0 saturated carbocycles. The van der Waals surface area contributed by atoms with Crippen molar-refractivity contribution in [2.75, 3.05) is 6.54 Å². The summed E-state index contributed by atoms with van der Waals surface area (Å²) in [6, 6.07) is 0.283. The zero-order chi connectivity index (χ0) is 9.84. The van der Waals surface area contributed by atoms with E-state index in [1.165, 1.54) is 4.91 Å². The molecular formula is C10H16N2S. The Kier molecular flexibility index (Phi) is 3.60. The second-order valence-electron chi connectivity index (χ2n) is 3.24. The maximum atomic E-state index is 4.43. The summed E-state index contributed by atoms with van der Waals surface area (Å²) in [6.45, 7) is 10.8. The average Bonchev–Trinajstić information content (AvgIpc) is 2.03. The second kappa shape index (κ2) is 4.51. The van der Waals surface area contributed by atoms with Gasteiger partial charge in [0.2, 0.25) is 0 Å². The molecule has 1 atom stereocenters. The molecule has 0 spiro atoms. The van der Waals surface area contributed by atoms with Gasteiger partial charge in [0.1, 0.15) is 0 Å². The van der Waals surface area contributed by atoms with Gasteiger partial charge in [0.25, 0.3) is 0 Å². The molecular weight excluding hydrogens is 180 g/mol. The predicted molar refractivity (Wildman–Crippen MR) is 61.1 cm³/mol. The van der Waals surface area contributed by atoms with Crippen molar-refractivity contribution in [3.05, 3.63) is 23.3 Å². The minimum absolute atomic E-state index is 0.283. The fourth-order valence-electron chi connectivity index (χ4n) is 1.16. The summed E-state index contributed by atoms with van der Waals surface area (Å²) in [4.78, 5) is 5.77. The smallest absolute Gasteiger partial charge is 0.0944 e. The normalized spacial score (nSPS) is 18.7. The fourth-order valence-corrected chi connectivity index (χ4v) is 2.02. The van der Waals surface area contributed by atoms with Crippen LogP contribution < -0.4 is 5.32 Å². The van der Waals surface area contributed by atoms with Gasteiger partial charge < -0.3 is 5.32 Å². The summed E-state index contributed by atoms with van der Waals surface area (Å²) in [5.74, 6) is 0. The molecule has 2 nitrogen and oxygen atoms in total. The molecule has 72 valence electrons. The fraction of sp³-hybridized carbons (Fsp3) is 0.500. The lowest BCUT2D eigenvalue weighted by Gasteiger charge is -2.19. The van der Waals surface area contributed by atoms with E-state index >= 15 is 0 Å².